The van der Waals surface area contributed by atoms with Crippen LogP contribution in [-0.2, 0) is 4.79 Å². The number of halogens is 1. The van der Waals surface area contributed by atoms with E-state index in [9.17, 15) is 14.3 Å². The average molecular weight is 266 g/mol. The molecule has 0 aliphatic carbocycles. The Morgan fingerprint density at radius 3 is 2.89 bits per heavy atom. The zero-order valence-electron chi connectivity index (χ0n) is 10.8. The van der Waals surface area contributed by atoms with Crippen LogP contribution in [0, 0.1) is 5.82 Å². The quantitative estimate of drug-likeness (QED) is 0.860. The Hall–Kier alpha value is -1.46. The third kappa shape index (κ3) is 3.30. The molecule has 104 valence electrons. The van der Waals surface area contributed by atoms with E-state index in [1.807, 2.05) is 4.90 Å². The fourth-order valence-corrected chi connectivity index (χ4v) is 2.60. The van der Waals surface area contributed by atoms with Crippen LogP contribution in [0.1, 0.15) is 30.9 Å². The molecule has 5 heteroatoms. The first-order valence-electron chi connectivity index (χ1n) is 6.55. The third-order valence-corrected chi connectivity index (χ3v) is 3.61. The Morgan fingerprint density at radius 1 is 1.47 bits per heavy atom. The van der Waals surface area contributed by atoms with E-state index in [1.54, 1.807) is 18.2 Å². The van der Waals surface area contributed by atoms with Gasteiger partial charge in [0.25, 0.3) is 0 Å². The molecule has 1 aromatic carbocycles. The van der Waals surface area contributed by atoms with E-state index in [4.69, 9.17) is 5.73 Å². The fraction of sp³-hybridized carbons (Fsp3) is 0.500. The minimum atomic E-state index is -0.943. The van der Waals surface area contributed by atoms with Crippen LogP contribution in [0.4, 0.5) is 4.39 Å². The summed E-state index contributed by atoms with van der Waals surface area (Å²) in [6.07, 6.45) is 1.69. The van der Waals surface area contributed by atoms with Crippen LogP contribution in [-0.4, -0.2) is 35.0 Å². The lowest BCUT2D eigenvalue weighted by molar-refractivity contribution is -0.125. The second-order valence-electron chi connectivity index (χ2n) is 4.95. The Balaban J connectivity index is 2.07. The summed E-state index contributed by atoms with van der Waals surface area (Å²) < 4.78 is 13.6. The smallest absolute Gasteiger partial charge is 0.234 e. The largest absolute Gasteiger partial charge is 0.387 e. The highest BCUT2D eigenvalue weighted by Gasteiger charge is 2.29. The molecule has 0 radical (unpaired) electrons. The van der Waals surface area contributed by atoms with E-state index in [1.165, 1.54) is 6.07 Å². The lowest BCUT2D eigenvalue weighted by Gasteiger charge is -2.34. The normalized spacial score (nSPS) is 22.1. The topological polar surface area (TPSA) is 66.6 Å². The van der Waals surface area contributed by atoms with Crippen molar-refractivity contribution < 1.29 is 14.3 Å². The first-order chi connectivity index (χ1) is 9.09. The molecule has 0 saturated carbocycles. The van der Waals surface area contributed by atoms with Gasteiger partial charge in [-0.2, -0.15) is 0 Å². The predicted octanol–water partition coefficient (Wildman–Crippen LogP) is 1.20. The second kappa shape index (κ2) is 6.12. The van der Waals surface area contributed by atoms with Crippen LogP contribution in [0.3, 0.4) is 0 Å². The molecule has 0 spiro atoms. The van der Waals surface area contributed by atoms with E-state index >= 15 is 0 Å². The van der Waals surface area contributed by atoms with Gasteiger partial charge in [0.2, 0.25) is 5.91 Å². The molecule has 4 nitrogen and oxygen atoms in total. The van der Waals surface area contributed by atoms with Crippen LogP contribution in [0.25, 0.3) is 0 Å². The number of rotatable bonds is 4. The van der Waals surface area contributed by atoms with Gasteiger partial charge in [-0.25, -0.2) is 4.39 Å². The van der Waals surface area contributed by atoms with Crippen molar-refractivity contribution in [1.82, 2.24) is 4.90 Å². The number of aliphatic hydroxyl groups excluding tert-OH is 1. The summed E-state index contributed by atoms with van der Waals surface area (Å²) in [5.74, 6) is -0.803. The van der Waals surface area contributed by atoms with E-state index in [2.05, 4.69) is 0 Å². The van der Waals surface area contributed by atoms with Crippen LogP contribution in [0.15, 0.2) is 24.3 Å². The zero-order valence-corrected chi connectivity index (χ0v) is 10.8. The lowest BCUT2D eigenvalue weighted by Crippen LogP contribution is -2.49. The minimum Gasteiger partial charge on any atom is -0.387 e. The van der Waals surface area contributed by atoms with E-state index < -0.39 is 11.9 Å². The number of nitrogens with two attached hydrogens (primary N) is 1. The van der Waals surface area contributed by atoms with Gasteiger partial charge in [-0.15, -0.1) is 0 Å². The number of carbonyl (C=O) groups is 1. The maximum Gasteiger partial charge on any atom is 0.234 e. The summed E-state index contributed by atoms with van der Waals surface area (Å²) in [5.41, 5.74) is 5.63. The highest BCUT2D eigenvalue weighted by Crippen LogP contribution is 2.22. The molecule has 1 heterocycles. The van der Waals surface area contributed by atoms with Crippen LogP contribution >= 0.6 is 0 Å². The molecule has 0 aromatic heterocycles. The number of primary amides is 1. The number of piperidine rings is 1. The van der Waals surface area contributed by atoms with Crippen LogP contribution < -0.4 is 5.73 Å². The number of amides is 1. The number of carbonyl (C=O) groups excluding carboxylic acids is 1. The molecule has 0 bridgehead atoms. The maximum absolute atomic E-state index is 13.6. The highest BCUT2D eigenvalue weighted by atomic mass is 19.1. The zero-order chi connectivity index (χ0) is 13.8. The van der Waals surface area contributed by atoms with Gasteiger partial charge < -0.3 is 10.8 Å². The van der Waals surface area contributed by atoms with Crippen molar-refractivity contribution in [3.63, 3.8) is 0 Å². The number of nitrogens with zero attached hydrogens (tertiary/aromatic N) is 1. The molecule has 3 N–H and O–H groups in total. The third-order valence-electron chi connectivity index (χ3n) is 3.61. The maximum atomic E-state index is 13.6. The molecule has 1 aliphatic heterocycles. The molecule has 1 aliphatic rings. The monoisotopic (exact) mass is 266 g/mol. The number of β-amino-alcohol motifs (C(OH)–C–C–N with tert-alkyl or cyclic N) is 1. The van der Waals surface area contributed by atoms with Gasteiger partial charge in [-0.3, -0.25) is 9.69 Å². The summed E-state index contributed by atoms with van der Waals surface area (Å²) in [6.45, 7) is 0.938. The van der Waals surface area contributed by atoms with Gasteiger partial charge >= 0.3 is 0 Å². The number of benzene rings is 1. The molecule has 1 fully saturated rings. The molecule has 2 atom stereocenters. The summed E-state index contributed by atoms with van der Waals surface area (Å²) in [6, 6.07) is 5.79. The van der Waals surface area contributed by atoms with Gasteiger partial charge in [-0.1, -0.05) is 24.6 Å². The molecule has 1 amide bonds. The van der Waals surface area contributed by atoms with Crippen molar-refractivity contribution in [2.24, 2.45) is 5.73 Å². The van der Waals surface area contributed by atoms with Crippen LogP contribution in [0.2, 0.25) is 0 Å². The highest BCUT2D eigenvalue weighted by molar-refractivity contribution is 5.79. The van der Waals surface area contributed by atoms with Crippen molar-refractivity contribution in [2.75, 3.05) is 13.1 Å². The van der Waals surface area contributed by atoms with Gasteiger partial charge in [0.15, 0.2) is 0 Å². The van der Waals surface area contributed by atoms with Crippen molar-refractivity contribution in [1.29, 1.82) is 0 Å². The Morgan fingerprint density at radius 2 is 2.21 bits per heavy atom. The molecular formula is C14H19FN2O2. The van der Waals surface area contributed by atoms with Crippen molar-refractivity contribution in [3.8, 4) is 0 Å². The molecule has 2 unspecified atom stereocenters. The van der Waals surface area contributed by atoms with Crippen molar-refractivity contribution >= 4 is 5.91 Å². The standard InChI is InChI=1S/C14H19FN2O2/c15-11-6-2-1-5-10(11)13(18)9-17-8-4-3-7-12(17)14(16)19/h1-2,5-6,12-13,18H,3-4,7-9H2,(H2,16,19). The summed E-state index contributed by atoms with van der Waals surface area (Å²) >= 11 is 0. The minimum absolute atomic E-state index is 0.231. The lowest BCUT2D eigenvalue weighted by atomic mass is 10.00. The average Bonchev–Trinajstić information content (AvgIpc) is 2.39. The van der Waals surface area contributed by atoms with Gasteiger partial charge in [0.1, 0.15) is 5.82 Å². The molecule has 1 saturated heterocycles. The summed E-state index contributed by atoms with van der Waals surface area (Å²) in [4.78, 5) is 13.2. The van der Waals surface area contributed by atoms with Crippen molar-refractivity contribution in [2.45, 2.75) is 31.4 Å². The van der Waals surface area contributed by atoms with E-state index in [-0.39, 0.29) is 24.1 Å². The predicted molar refractivity (Wildman–Crippen MR) is 69.8 cm³/mol. The fourth-order valence-electron chi connectivity index (χ4n) is 2.60. The first-order valence-corrected chi connectivity index (χ1v) is 6.55. The molecular weight excluding hydrogens is 247 g/mol. The van der Waals surface area contributed by atoms with Crippen LogP contribution in [0.5, 0.6) is 0 Å². The Bertz CT molecular complexity index is 453. The van der Waals surface area contributed by atoms with E-state index in [0.29, 0.717) is 13.0 Å². The summed E-state index contributed by atoms with van der Waals surface area (Å²) in [5, 5.41) is 10.1. The number of likely N-dealkylation sites (tertiary alicyclic amines) is 1. The van der Waals surface area contributed by atoms with Crippen molar-refractivity contribution in [3.05, 3.63) is 35.6 Å². The number of hydrogen-bond acceptors (Lipinski definition) is 3. The Labute approximate surface area is 112 Å². The first kappa shape index (κ1) is 14.0. The number of aliphatic hydroxyl groups is 1. The van der Waals surface area contributed by atoms with Gasteiger partial charge in [-0.05, 0) is 25.5 Å². The molecule has 2 rings (SSSR count). The van der Waals surface area contributed by atoms with Gasteiger partial charge in [0.05, 0.1) is 12.1 Å². The SMILES string of the molecule is NC(=O)C1CCCCN1CC(O)c1ccccc1F. The van der Waals surface area contributed by atoms with E-state index in [0.717, 1.165) is 12.8 Å². The number of hydrogen-bond donors (Lipinski definition) is 2. The molecule has 1 aromatic rings. The summed E-state index contributed by atoms with van der Waals surface area (Å²) in [7, 11) is 0. The molecule has 19 heavy (non-hydrogen) atoms. The Kier molecular flexibility index (Phi) is 4.50. The second-order valence-corrected chi connectivity index (χ2v) is 4.95. The van der Waals surface area contributed by atoms with Gasteiger partial charge in [0, 0.05) is 12.1 Å².